The number of rotatable bonds is 4. The van der Waals surface area contributed by atoms with E-state index in [4.69, 9.17) is 14.2 Å². The monoisotopic (exact) mass is 604 g/mol. The van der Waals surface area contributed by atoms with Crippen LogP contribution in [0.3, 0.4) is 0 Å². The molecule has 0 aromatic heterocycles. The summed E-state index contributed by atoms with van der Waals surface area (Å²) in [5, 5.41) is 3.08. The highest BCUT2D eigenvalue weighted by atomic mass is 16.5. The summed E-state index contributed by atoms with van der Waals surface area (Å²) < 4.78 is 17.2. The van der Waals surface area contributed by atoms with Gasteiger partial charge in [-0.25, -0.2) is 0 Å². The summed E-state index contributed by atoms with van der Waals surface area (Å²) in [6.07, 6.45) is 1.54. The number of amides is 3. The molecule has 11 heteroatoms. The average molecular weight is 605 g/mol. The van der Waals surface area contributed by atoms with E-state index < -0.39 is 5.92 Å². The fourth-order valence-corrected chi connectivity index (χ4v) is 6.75. The van der Waals surface area contributed by atoms with Crippen LogP contribution in [-0.2, 0) is 20.7 Å². The summed E-state index contributed by atoms with van der Waals surface area (Å²) in [6, 6.07) is 11.0. The van der Waals surface area contributed by atoms with Crippen molar-refractivity contribution in [1.82, 2.24) is 20.0 Å². The predicted molar refractivity (Wildman–Crippen MR) is 161 cm³/mol. The van der Waals surface area contributed by atoms with Crippen LogP contribution in [0.15, 0.2) is 36.4 Å². The Morgan fingerprint density at radius 3 is 2.59 bits per heavy atom. The van der Waals surface area contributed by atoms with Crippen molar-refractivity contribution in [3.8, 4) is 11.5 Å². The first-order valence-electron chi connectivity index (χ1n) is 15.5. The summed E-state index contributed by atoms with van der Waals surface area (Å²) in [6.45, 7) is 5.14. The van der Waals surface area contributed by atoms with E-state index in [1.54, 1.807) is 35.1 Å². The molecule has 0 unspecified atom stereocenters. The number of morpholine rings is 1. The number of benzene rings is 2. The van der Waals surface area contributed by atoms with E-state index in [2.05, 4.69) is 10.2 Å². The van der Waals surface area contributed by atoms with Gasteiger partial charge in [-0.3, -0.25) is 24.1 Å². The number of likely N-dealkylation sites (tertiary alicyclic amines) is 1. The van der Waals surface area contributed by atoms with Gasteiger partial charge in [-0.05, 0) is 42.2 Å². The van der Waals surface area contributed by atoms with Gasteiger partial charge in [-0.15, -0.1) is 0 Å². The molecule has 6 rings (SSSR count). The molecule has 44 heavy (non-hydrogen) atoms. The van der Waals surface area contributed by atoms with Crippen molar-refractivity contribution in [3.05, 3.63) is 58.7 Å². The van der Waals surface area contributed by atoms with Gasteiger partial charge >= 0.3 is 0 Å². The van der Waals surface area contributed by atoms with Crippen LogP contribution in [0.4, 0.5) is 0 Å². The molecule has 1 aliphatic carbocycles. The van der Waals surface area contributed by atoms with Gasteiger partial charge in [0.25, 0.3) is 5.91 Å². The minimum absolute atomic E-state index is 0.0124. The zero-order valence-corrected chi connectivity index (χ0v) is 25.2. The Balaban J connectivity index is 1.22. The lowest BCUT2D eigenvalue weighted by atomic mass is 9.88. The molecule has 2 aromatic rings. The number of hydrogen-bond donors (Lipinski definition) is 1. The summed E-state index contributed by atoms with van der Waals surface area (Å²) in [5.74, 6) is 0.290. The van der Waals surface area contributed by atoms with Crippen LogP contribution >= 0.6 is 0 Å². The minimum Gasteiger partial charge on any atom is -0.493 e. The van der Waals surface area contributed by atoms with Gasteiger partial charge in [-0.1, -0.05) is 18.2 Å². The van der Waals surface area contributed by atoms with Crippen molar-refractivity contribution in [2.75, 3.05) is 79.3 Å². The number of ether oxygens (including phenoxy) is 3. The molecule has 2 bridgehead atoms. The molecule has 2 fully saturated rings. The number of fused-ring (bicyclic) bond motifs is 5. The van der Waals surface area contributed by atoms with Gasteiger partial charge < -0.3 is 29.3 Å². The molecule has 0 saturated carbocycles. The summed E-state index contributed by atoms with van der Waals surface area (Å²) >= 11 is 0. The summed E-state index contributed by atoms with van der Waals surface area (Å²) in [5.41, 5.74) is 2.89. The first-order valence-corrected chi connectivity index (χ1v) is 15.5. The van der Waals surface area contributed by atoms with Crippen LogP contribution in [0.25, 0.3) is 0 Å². The number of ketones is 1. The van der Waals surface area contributed by atoms with E-state index in [0.717, 1.165) is 24.2 Å². The molecule has 0 spiro atoms. The standard InChI is InChI=1S/C33H40N4O7/c1-42-29-9-6-22-18-30(29)44-17-14-36(33(41)25-5-2-4-24-23(25)7-8-28(24)38)11-3-10-34-32(40)27-20-37(19-26(22)27)31(39)21-35-12-15-43-16-13-35/h2,4-6,9,18,26-27H,3,7-8,10-17,19-21H2,1H3,(H,34,40)/t26-,27+/m1/s1. The van der Waals surface area contributed by atoms with Crippen molar-refractivity contribution in [3.63, 3.8) is 0 Å². The third-order valence-electron chi connectivity index (χ3n) is 9.21. The van der Waals surface area contributed by atoms with E-state index in [9.17, 15) is 19.2 Å². The normalized spacial score (nSPS) is 22.8. The van der Waals surface area contributed by atoms with E-state index in [1.807, 2.05) is 18.2 Å². The van der Waals surface area contributed by atoms with Crippen LogP contribution in [-0.4, -0.2) is 117 Å². The number of Topliss-reactive ketones (excluding diaryl/α,β-unsaturated/α-hetero) is 1. The Hall–Kier alpha value is -3.96. The third kappa shape index (κ3) is 6.30. The highest BCUT2D eigenvalue weighted by Gasteiger charge is 2.41. The van der Waals surface area contributed by atoms with Crippen molar-refractivity contribution < 1.29 is 33.4 Å². The van der Waals surface area contributed by atoms with Gasteiger partial charge in [0.15, 0.2) is 17.3 Å². The summed E-state index contributed by atoms with van der Waals surface area (Å²) in [4.78, 5) is 58.6. The molecule has 2 aromatic carbocycles. The Morgan fingerprint density at radius 2 is 1.77 bits per heavy atom. The Kier molecular flexibility index (Phi) is 9.13. The third-order valence-corrected chi connectivity index (χ3v) is 9.21. The number of hydrogen-bond acceptors (Lipinski definition) is 8. The largest absolute Gasteiger partial charge is 0.493 e. The second kappa shape index (κ2) is 13.4. The molecule has 3 heterocycles. The van der Waals surface area contributed by atoms with Crippen LogP contribution in [0.2, 0.25) is 0 Å². The zero-order valence-electron chi connectivity index (χ0n) is 25.2. The second-order valence-corrected chi connectivity index (χ2v) is 11.9. The number of carbonyl (C=O) groups excluding carboxylic acids is 4. The molecule has 11 nitrogen and oxygen atoms in total. The highest BCUT2D eigenvalue weighted by Crippen LogP contribution is 2.38. The molecule has 234 valence electrons. The van der Waals surface area contributed by atoms with Crippen molar-refractivity contribution in [1.29, 1.82) is 0 Å². The lowest BCUT2D eigenvalue weighted by molar-refractivity contribution is -0.132. The smallest absolute Gasteiger partial charge is 0.254 e. The van der Waals surface area contributed by atoms with E-state index in [0.29, 0.717) is 94.4 Å². The molecular weight excluding hydrogens is 564 g/mol. The first-order chi connectivity index (χ1) is 21.4. The van der Waals surface area contributed by atoms with Crippen molar-refractivity contribution in [2.45, 2.75) is 25.2 Å². The van der Waals surface area contributed by atoms with Crippen LogP contribution in [0, 0.1) is 5.92 Å². The number of nitrogens with zero attached hydrogens (tertiary/aromatic N) is 3. The lowest BCUT2D eigenvalue weighted by Gasteiger charge is -2.28. The molecule has 1 N–H and O–H groups in total. The molecule has 4 aliphatic rings. The maximum Gasteiger partial charge on any atom is 0.254 e. The van der Waals surface area contributed by atoms with Gasteiger partial charge in [0, 0.05) is 62.7 Å². The van der Waals surface area contributed by atoms with E-state index in [1.165, 1.54) is 0 Å². The van der Waals surface area contributed by atoms with Crippen LogP contribution in [0.1, 0.15) is 50.6 Å². The minimum atomic E-state index is -0.421. The Labute approximate surface area is 257 Å². The number of methoxy groups -OCH3 is 1. The SMILES string of the molecule is COc1ccc2cc1OCCN(C(=O)c1cccc3c1CCC3=O)CCCNC(=O)[C@H]1CN(C(=O)CN3CCOCC3)C[C@H]21. The van der Waals surface area contributed by atoms with Gasteiger partial charge in [0.1, 0.15) is 6.61 Å². The van der Waals surface area contributed by atoms with Crippen molar-refractivity contribution >= 4 is 23.5 Å². The molecule has 3 aliphatic heterocycles. The van der Waals surface area contributed by atoms with E-state index >= 15 is 0 Å². The van der Waals surface area contributed by atoms with Gasteiger partial charge in [0.2, 0.25) is 11.8 Å². The summed E-state index contributed by atoms with van der Waals surface area (Å²) in [7, 11) is 1.57. The number of nitrogens with one attached hydrogen (secondary N) is 1. The quantitative estimate of drug-likeness (QED) is 0.561. The first kappa shape index (κ1) is 30.1. The van der Waals surface area contributed by atoms with Crippen molar-refractivity contribution in [2.24, 2.45) is 5.92 Å². The maximum absolute atomic E-state index is 13.8. The molecule has 2 atom stereocenters. The Bertz CT molecular complexity index is 1420. The Morgan fingerprint density at radius 1 is 0.955 bits per heavy atom. The molecule has 0 radical (unpaired) electrons. The van der Waals surface area contributed by atoms with Gasteiger partial charge in [0.05, 0.1) is 39.3 Å². The topological polar surface area (TPSA) is 118 Å². The molecule has 3 amide bonds. The zero-order chi connectivity index (χ0) is 30.6. The molecule has 2 saturated heterocycles. The second-order valence-electron chi connectivity index (χ2n) is 11.9. The fraction of sp³-hybridized carbons (Fsp3) is 0.515. The average Bonchev–Trinajstić information content (AvgIpc) is 3.66. The predicted octanol–water partition coefficient (Wildman–Crippen LogP) is 1.74. The number of carbonyl (C=O) groups is 4. The van der Waals surface area contributed by atoms with Crippen LogP contribution in [0.5, 0.6) is 11.5 Å². The highest BCUT2D eigenvalue weighted by molar-refractivity contribution is 6.05. The fourth-order valence-electron chi connectivity index (χ4n) is 6.75. The molecular formula is C33H40N4O7. The maximum atomic E-state index is 13.8. The van der Waals surface area contributed by atoms with Gasteiger partial charge in [-0.2, -0.15) is 0 Å². The van der Waals surface area contributed by atoms with Crippen LogP contribution < -0.4 is 14.8 Å². The van der Waals surface area contributed by atoms with E-state index in [-0.39, 0.29) is 36.0 Å². The lowest BCUT2D eigenvalue weighted by Crippen LogP contribution is -2.44.